The first-order valence-corrected chi connectivity index (χ1v) is 8.83. The lowest BCUT2D eigenvalue weighted by molar-refractivity contribution is -0.166. The molecule has 0 aromatic carbocycles. The lowest BCUT2D eigenvalue weighted by Crippen LogP contribution is -2.44. The van der Waals surface area contributed by atoms with Gasteiger partial charge in [0, 0.05) is 13.8 Å². The molecule has 0 bridgehead atoms. The summed E-state index contributed by atoms with van der Waals surface area (Å²) in [6.07, 6.45) is -4.76. The summed E-state index contributed by atoms with van der Waals surface area (Å²) >= 11 is 11.9. The van der Waals surface area contributed by atoms with Gasteiger partial charge < -0.3 is 24.4 Å². The molecule has 28 heavy (non-hydrogen) atoms. The third-order valence-corrected chi connectivity index (χ3v) is 4.45. The quantitative estimate of drug-likeness (QED) is 0.381. The molecule has 0 aliphatic carbocycles. The summed E-state index contributed by atoms with van der Waals surface area (Å²) in [5, 5.41) is 19.3. The van der Waals surface area contributed by atoms with Crippen LogP contribution >= 0.6 is 23.2 Å². The Labute approximate surface area is 168 Å². The molecular weight excluding hydrogens is 419 g/mol. The predicted octanol–water partition coefficient (Wildman–Crippen LogP) is 0.247. The van der Waals surface area contributed by atoms with Gasteiger partial charge in [0.15, 0.2) is 29.2 Å². The van der Waals surface area contributed by atoms with E-state index < -0.39 is 49.2 Å². The molecule has 2 aromatic heterocycles. The Morgan fingerprint density at radius 1 is 1.25 bits per heavy atom. The molecular formula is C15H16Cl2N4O7. The SMILES string of the molecule is CC(=O)O[C@@H]1[C@H](OC(C)=O)[C@@H](C(O)CO)O[C@H]1n1cnc2c(Cl)nc(Cl)nc21. The van der Waals surface area contributed by atoms with E-state index in [1.54, 1.807) is 0 Å². The van der Waals surface area contributed by atoms with E-state index in [4.69, 9.17) is 37.4 Å². The van der Waals surface area contributed by atoms with Crippen LogP contribution in [0.4, 0.5) is 0 Å². The van der Waals surface area contributed by atoms with Crippen molar-refractivity contribution in [3.05, 3.63) is 16.8 Å². The topological polar surface area (TPSA) is 146 Å². The molecule has 0 spiro atoms. The number of aliphatic hydroxyl groups excluding tert-OH is 2. The molecule has 1 aliphatic rings. The van der Waals surface area contributed by atoms with Gasteiger partial charge in [-0.2, -0.15) is 4.98 Å². The normalized spacial score (nSPS) is 25.6. The number of aliphatic hydroxyl groups is 2. The van der Waals surface area contributed by atoms with Crippen LogP contribution in [0.3, 0.4) is 0 Å². The molecule has 2 aromatic rings. The maximum Gasteiger partial charge on any atom is 0.303 e. The Hall–Kier alpha value is -2.05. The minimum atomic E-state index is -1.41. The van der Waals surface area contributed by atoms with Gasteiger partial charge in [-0.1, -0.05) is 11.6 Å². The highest BCUT2D eigenvalue weighted by Gasteiger charge is 2.52. The van der Waals surface area contributed by atoms with Gasteiger partial charge in [0.2, 0.25) is 5.28 Å². The molecule has 5 atom stereocenters. The standard InChI is InChI=1S/C15H16Cl2N4O7/c1-5(23)26-10-9(7(25)3-22)28-14(11(10)27-6(2)24)21-4-18-8-12(16)19-15(17)20-13(8)21/h4,7,9-11,14,22,25H,3H2,1-2H3/t7?,9-,10-,11-,14-/m1/s1. The number of hydrogen-bond acceptors (Lipinski definition) is 10. The number of esters is 2. The first-order valence-electron chi connectivity index (χ1n) is 8.07. The number of nitrogens with zero attached hydrogens (tertiary/aromatic N) is 4. The molecule has 2 N–H and O–H groups in total. The first kappa shape index (κ1) is 20.7. The number of hydrogen-bond donors (Lipinski definition) is 2. The third-order valence-electron chi connectivity index (χ3n) is 4.02. The Morgan fingerprint density at radius 3 is 2.50 bits per heavy atom. The van der Waals surface area contributed by atoms with E-state index >= 15 is 0 Å². The van der Waals surface area contributed by atoms with Crippen LogP contribution in [0.25, 0.3) is 11.2 Å². The molecule has 1 unspecified atom stereocenters. The second-order valence-electron chi connectivity index (χ2n) is 6.00. The van der Waals surface area contributed by atoms with Crippen molar-refractivity contribution in [3.63, 3.8) is 0 Å². The van der Waals surface area contributed by atoms with E-state index in [0.29, 0.717) is 0 Å². The first-order chi connectivity index (χ1) is 13.2. The number of ether oxygens (including phenoxy) is 3. The number of rotatable bonds is 5. The summed E-state index contributed by atoms with van der Waals surface area (Å²) in [7, 11) is 0. The van der Waals surface area contributed by atoms with Crippen molar-refractivity contribution in [2.45, 2.75) is 44.5 Å². The van der Waals surface area contributed by atoms with Crippen molar-refractivity contribution in [3.8, 4) is 0 Å². The summed E-state index contributed by atoms with van der Waals surface area (Å²) in [6, 6.07) is 0. The average molecular weight is 435 g/mol. The molecule has 1 saturated heterocycles. The van der Waals surface area contributed by atoms with Gasteiger partial charge >= 0.3 is 11.9 Å². The zero-order valence-electron chi connectivity index (χ0n) is 14.7. The van der Waals surface area contributed by atoms with Gasteiger partial charge in [-0.25, -0.2) is 9.97 Å². The Bertz CT molecular complexity index is 908. The highest BCUT2D eigenvalue weighted by Crippen LogP contribution is 2.37. The molecule has 3 rings (SSSR count). The molecule has 3 heterocycles. The minimum Gasteiger partial charge on any atom is -0.455 e. The molecule has 1 fully saturated rings. The van der Waals surface area contributed by atoms with Gasteiger partial charge in [-0.3, -0.25) is 14.2 Å². The van der Waals surface area contributed by atoms with Crippen LogP contribution in [-0.2, 0) is 23.8 Å². The fourth-order valence-electron chi connectivity index (χ4n) is 2.99. The molecule has 0 amide bonds. The van der Waals surface area contributed by atoms with Crippen LogP contribution in [0.2, 0.25) is 10.4 Å². The van der Waals surface area contributed by atoms with Crippen molar-refractivity contribution < 1.29 is 34.0 Å². The van der Waals surface area contributed by atoms with Crippen LogP contribution in [0.1, 0.15) is 20.1 Å². The van der Waals surface area contributed by atoms with Gasteiger partial charge in [-0.05, 0) is 11.6 Å². The van der Waals surface area contributed by atoms with E-state index in [1.165, 1.54) is 17.8 Å². The average Bonchev–Trinajstić information content (AvgIpc) is 3.16. The summed E-state index contributed by atoms with van der Waals surface area (Å²) < 4.78 is 17.7. The Balaban J connectivity index is 2.09. The van der Waals surface area contributed by atoms with Crippen molar-refractivity contribution in [2.75, 3.05) is 6.61 Å². The fraction of sp³-hybridized carbons (Fsp3) is 0.533. The third kappa shape index (κ3) is 3.89. The number of aromatic nitrogens is 4. The van der Waals surface area contributed by atoms with E-state index in [2.05, 4.69) is 15.0 Å². The van der Waals surface area contributed by atoms with Crippen molar-refractivity contribution >= 4 is 46.3 Å². The number of carbonyl (C=O) groups is 2. The van der Waals surface area contributed by atoms with Crippen molar-refractivity contribution in [1.29, 1.82) is 0 Å². The summed E-state index contributed by atoms with van der Waals surface area (Å²) in [6.45, 7) is 1.64. The van der Waals surface area contributed by atoms with E-state index in [9.17, 15) is 19.8 Å². The highest BCUT2D eigenvalue weighted by atomic mass is 35.5. The van der Waals surface area contributed by atoms with Gasteiger partial charge in [0.05, 0.1) is 12.9 Å². The zero-order valence-corrected chi connectivity index (χ0v) is 16.2. The monoisotopic (exact) mass is 434 g/mol. The molecule has 152 valence electrons. The van der Waals surface area contributed by atoms with Crippen LogP contribution in [0.5, 0.6) is 0 Å². The number of fused-ring (bicyclic) bond motifs is 1. The van der Waals surface area contributed by atoms with Crippen LogP contribution in [0, 0.1) is 0 Å². The zero-order chi connectivity index (χ0) is 20.6. The smallest absolute Gasteiger partial charge is 0.303 e. The second-order valence-corrected chi connectivity index (χ2v) is 6.69. The second kappa shape index (κ2) is 8.13. The molecule has 11 nitrogen and oxygen atoms in total. The highest BCUT2D eigenvalue weighted by molar-refractivity contribution is 6.35. The van der Waals surface area contributed by atoms with Crippen molar-refractivity contribution in [1.82, 2.24) is 19.5 Å². The van der Waals surface area contributed by atoms with Crippen LogP contribution in [0.15, 0.2) is 6.33 Å². The van der Waals surface area contributed by atoms with Crippen molar-refractivity contribution in [2.24, 2.45) is 0 Å². The fourth-order valence-corrected chi connectivity index (χ4v) is 3.41. The summed E-state index contributed by atoms with van der Waals surface area (Å²) in [5.41, 5.74) is 0.388. The molecule has 0 radical (unpaired) electrons. The van der Waals surface area contributed by atoms with E-state index in [0.717, 1.165) is 6.92 Å². The van der Waals surface area contributed by atoms with Gasteiger partial charge in [0.25, 0.3) is 0 Å². The van der Waals surface area contributed by atoms with Gasteiger partial charge in [0.1, 0.15) is 17.7 Å². The lowest BCUT2D eigenvalue weighted by atomic mass is 10.1. The Morgan fingerprint density at radius 2 is 1.89 bits per heavy atom. The predicted molar refractivity (Wildman–Crippen MR) is 93.5 cm³/mol. The number of carbonyl (C=O) groups excluding carboxylic acids is 2. The minimum absolute atomic E-state index is 0.000683. The van der Waals surface area contributed by atoms with Crippen LogP contribution < -0.4 is 0 Å². The maximum absolute atomic E-state index is 11.6. The molecule has 1 aliphatic heterocycles. The summed E-state index contributed by atoms with van der Waals surface area (Å²) in [5.74, 6) is -1.37. The van der Waals surface area contributed by atoms with E-state index in [1.807, 2.05) is 0 Å². The number of imidazole rings is 1. The largest absolute Gasteiger partial charge is 0.455 e. The number of halogens is 2. The van der Waals surface area contributed by atoms with Gasteiger partial charge in [-0.15, -0.1) is 0 Å². The van der Waals surface area contributed by atoms with Crippen LogP contribution in [-0.4, -0.2) is 72.7 Å². The van der Waals surface area contributed by atoms with E-state index in [-0.39, 0.29) is 21.6 Å². The lowest BCUT2D eigenvalue weighted by Gasteiger charge is -2.24. The molecule has 0 saturated carbocycles. The molecule has 13 heteroatoms. The maximum atomic E-state index is 11.6. The summed E-state index contributed by atoms with van der Waals surface area (Å²) in [4.78, 5) is 35.1. The Kier molecular flexibility index (Phi) is 6.01.